The van der Waals surface area contributed by atoms with Gasteiger partial charge >= 0.3 is 28.5 Å². The normalized spacial score (nSPS) is 27.1. The van der Waals surface area contributed by atoms with Gasteiger partial charge in [-0.25, -0.2) is 28.3 Å². The molecule has 3 aliphatic carbocycles. The first-order valence-corrected chi connectivity index (χ1v) is 21.8. The number of hydrogen-bond donors (Lipinski definition) is 4. The number of pyridine rings is 1. The van der Waals surface area contributed by atoms with E-state index in [1.54, 1.807) is 73.0 Å². The number of likely N-dealkylation sites (tertiary alicyclic amines) is 1. The Hall–Kier alpha value is -4.91. The van der Waals surface area contributed by atoms with Gasteiger partial charge in [-0.2, -0.15) is 8.42 Å². The molecule has 0 radical (unpaired) electrons. The van der Waals surface area contributed by atoms with Crippen LogP contribution in [0, 0.1) is 17.8 Å². The molecule has 0 bridgehead atoms. The maximum absolute atomic E-state index is 14.2. The Morgan fingerprint density at radius 1 is 1.03 bits per heavy atom. The Bertz CT molecular complexity index is 2120. The molecule has 1 aliphatic heterocycles. The van der Waals surface area contributed by atoms with Crippen LogP contribution in [0.25, 0.3) is 10.8 Å². The van der Waals surface area contributed by atoms with Gasteiger partial charge in [0.05, 0.1) is 19.3 Å². The molecule has 60 heavy (non-hydrogen) atoms. The summed E-state index contributed by atoms with van der Waals surface area (Å²) in [6, 6.07) is 4.93. The Kier molecular flexibility index (Phi) is 12.3. The Morgan fingerprint density at radius 3 is 2.35 bits per heavy atom. The number of carboxylic acid groups (broad SMARTS) is 1. The predicted octanol–water partition coefficient (Wildman–Crippen LogP) is 4.59. The number of carboxylic acids is 1. The summed E-state index contributed by atoms with van der Waals surface area (Å²) >= 11 is 0. The molecule has 2 heterocycles. The minimum Gasteiger partial charge on any atom is -0.497 e. The third kappa shape index (κ3) is 9.82. The van der Waals surface area contributed by atoms with Crippen molar-refractivity contribution in [1.82, 2.24) is 25.2 Å². The van der Waals surface area contributed by atoms with E-state index in [-0.39, 0.29) is 37.6 Å². The molecule has 1 saturated heterocycles. The molecule has 3 unspecified atom stereocenters. The van der Waals surface area contributed by atoms with Crippen molar-refractivity contribution in [1.29, 1.82) is 0 Å². The summed E-state index contributed by atoms with van der Waals surface area (Å²) < 4.78 is 57.3. The van der Waals surface area contributed by atoms with Crippen molar-refractivity contribution in [3.8, 4) is 11.6 Å². The number of nitrogens with zero attached hydrogens (tertiary/aromatic N) is 2. The van der Waals surface area contributed by atoms with Crippen LogP contribution in [0.15, 0.2) is 30.5 Å². The summed E-state index contributed by atoms with van der Waals surface area (Å²) in [6.45, 7) is 11.5. The molecule has 2 aromatic rings. The van der Waals surface area contributed by atoms with Crippen LogP contribution in [-0.4, -0.2) is 108 Å². The molecule has 18 nitrogen and oxygen atoms in total. The van der Waals surface area contributed by atoms with Crippen molar-refractivity contribution in [2.24, 2.45) is 17.8 Å². The highest BCUT2D eigenvalue weighted by atomic mass is 32.2. The van der Waals surface area contributed by atoms with E-state index < -0.39 is 92.6 Å². The smallest absolute Gasteiger partial charge is 0.411 e. The van der Waals surface area contributed by atoms with Crippen LogP contribution in [0.1, 0.15) is 99.8 Å². The molecule has 4 aliphatic rings. The molecule has 4 fully saturated rings. The fourth-order valence-corrected chi connectivity index (χ4v) is 9.94. The number of aromatic nitrogens is 1. The summed E-state index contributed by atoms with van der Waals surface area (Å²) in [4.78, 5) is 71.9. The second-order valence-corrected chi connectivity index (χ2v) is 19.4. The molecule has 330 valence electrons. The highest BCUT2D eigenvalue weighted by molar-refractivity contribution is 7.85. The van der Waals surface area contributed by atoms with E-state index in [1.165, 1.54) is 11.8 Å². The molecular formula is C41H57N5O13S. The molecule has 0 spiro atoms. The number of carbonyl (C=O) groups excluding carboxylic acids is 4. The van der Waals surface area contributed by atoms with Gasteiger partial charge in [-0.15, -0.1) is 0 Å². The first-order valence-electron chi connectivity index (χ1n) is 20.4. The van der Waals surface area contributed by atoms with Crippen molar-refractivity contribution in [2.75, 3.05) is 13.7 Å². The van der Waals surface area contributed by atoms with Crippen LogP contribution in [0.5, 0.6) is 11.6 Å². The summed E-state index contributed by atoms with van der Waals surface area (Å²) in [6.07, 6.45) is 2.96. The molecule has 3 saturated carbocycles. The fourth-order valence-electron chi connectivity index (χ4n) is 8.81. The number of aliphatic carboxylic acids is 1. The number of fused-ring (bicyclic) bond motifs is 1. The number of amides is 4. The Labute approximate surface area is 350 Å². The second-order valence-electron chi connectivity index (χ2n) is 18.1. The van der Waals surface area contributed by atoms with E-state index in [2.05, 4.69) is 15.6 Å². The molecule has 6 rings (SSSR count). The average Bonchev–Trinajstić information content (AvgIpc) is 3.83. The van der Waals surface area contributed by atoms with Crippen molar-refractivity contribution in [2.45, 2.75) is 140 Å². The van der Waals surface area contributed by atoms with Gasteiger partial charge in [-0.05, 0) is 109 Å². The van der Waals surface area contributed by atoms with Crippen LogP contribution in [0.3, 0.4) is 0 Å². The summed E-state index contributed by atoms with van der Waals surface area (Å²) in [7, 11) is -3.22. The summed E-state index contributed by atoms with van der Waals surface area (Å²) in [5, 5.41) is 16.4. The highest BCUT2D eigenvalue weighted by Gasteiger charge is 2.65. The van der Waals surface area contributed by atoms with Crippen molar-refractivity contribution in [3.63, 3.8) is 0 Å². The predicted molar refractivity (Wildman–Crippen MR) is 215 cm³/mol. The summed E-state index contributed by atoms with van der Waals surface area (Å²) in [5.74, 6) is -3.21. The van der Waals surface area contributed by atoms with E-state index in [0.29, 0.717) is 30.4 Å². The largest absolute Gasteiger partial charge is 0.497 e. The van der Waals surface area contributed by atoms with Crippen molar-refractivity contribution >= 4 is 51.0 Å². The second kappa shape index (κ2) is 16.5. The van der Waals surface area contributed by atoms with Gasteiger partial charge in [-0.1, -0.05) is 26.2 Å². The fraction of sp³-hybridized carbons (Fsp3) is 0.659. The van der Waals surface area contributed by atoms with Gasteiger partial charge in [0.15, 0.2) is 0 Å². The van der Waals surface area contributed by atoms with Gasteiger partial charge in [-0.3, -0.25) is 14.5 Å². The van der Waals surface area contributed by atoms with E-state index >= 15 is 0 Å². The van der Waals surface area contributed by atoms with E-state index in [4.69, 9.17) is 23.1 Å². The molecular weight excluding hydrogens is 803 g/mol. The molecule has 4 N–H and O–H groups in total. The number of methoxy groups -OCH3 is 1. The zero-order chi connectivity index (χ0) is 44.0. The molecule has 1 aromatic heterocycles. The lowest BCUT2D eigenvalue weighted by Crippen LogP contribution is -2.57. The van der Waals surface area contributed by atoms with E-state index in [0.717, 1.165) is 18.2 Å². The van der Waals surface area contributed by atoms with E-state index in [9.17, 15) is 37.5 Å². The first-order chi connectivity index (χ1) is 28.0. The topological polar surface area (TPSA) is 238 Å². The van der Waals surface area contributed by atoms with Gasteiger partial charge < -0.3 is 34.7 Å². The van der Waals surface area contributed by atoms with Gasteiger partial charge in [0.2, 0.25) is 11.8 Å². The van der Waals surface area contributed by atoms with Gasteiger partial charge in [0, 0.05) is 23.9 Å². The highest BCUT2D eigenvalue weighted by Crippen LogP contribution is 2.55. The average molecular weight is 860 g/mol. The van der Waals surface area contributed by atoms with Crippen molar-refractivity contribution < 1.29 is 60.6 Å². The number of hydrogen-bond acceptors (Lipinski definition) is 13. The van der Waals surface area contributed by atoms with Crippen LogP contribution in [0.2, 0.25) is 0 Å². The van der Waals surface area contributed by atoms with Crippen LogP contribution in [0.4, 0.5) is 9.59 Å². The van der Waals surface area contributed by atoms with Crippen molar-refractivity contribution in [3.05, 3.63) is 30.5 Å². The molecule has 4 amide bonds. The molecule has 7 atom stereocenters. The minimum atomic E-state index is -4.78. The first kappa shape index (κ1) is 44.6. The lowest BCUT2D eigenvalue weighted by molar-refractivity contribution is -0.141. The SMILES string of the molecule is CC[C@@H]1C[C@]1(NC(=O)[C@@H]1C[C@@H](Oc2nccc3cc(OC)ccc23)CN1C(=O)OC(C)(C)C)C(=O)NS(=O)(=O)OC1(C)CC1C(C)(C)OC(=O)NC(C(=O)O)C1CCCC1. The maximum Gasteiger partial charge on any atom is 0.411 e. The van der Waals surface area contributed by atoms with Crippen LogP contribution >= 0.6 is 0 Å². The number of rotatable bonds is 15. The Morgan fingerprint density at radius 2 is 1.73 bits per heavy atom. The molecule has 1 aromatic carbocycles. The number of benzene rings is 1. The zero-order valence-electron chi connectivity index (χ0n) is 35.4. The maximum atomic E-state index is 14.2. The van der Waals surface area contributed by atoms with Crippen LogP contribution < -0.4 is 24.8 Å². The Balaban J connectivity index is 1.11. The number of alkyl carbamates (subject to hydrolysis) is 1. The lowest BCUT2D eigenvalue weighted by atomic mass is 9.98. The lowest BCUT2D eigenvalue weighted by Gasteiger charge is -2.29. The molecule has 19 heteroatoms. The number of ether oxygens (including phenoxy) is 4. The zero-order valence-corrected chi connectivity index (χ0v) is 36.2. The van der Waals surface area contributed by atoms with Crippen LogP contribution in [-0.2, 0) is 38.3 Å². The monoisotopic (exact) mass is 859 g/mol. The van der Waals surface area contributed by atoms with E-state index in [1.807, 2.05) is 10.8 Å². The third-order valence-corrected chi connectivity index (χ3v) is 13.1. The third-order valence-electron chi connectivity index (χ3n) is 12.1. The minimum absolute atomic E-state index is 0.0162. The quantitative estimate of drug-likeness (QED) is 0.192. The standard InChI is InChI=1S/C41H57N5O13S/c1-9-25-20-41(25,35(50)45-60(53,54)59-40(7)21-30(40)39(5,6)57-36(51)43-31(34(48)49)23-12-10-11-13-23)44-32(47)29-19-27(22-46(29)37(52)58-38(2,3)4)56-33-28-15-14-26(55-8)18-24(28)16-17-42-33/h14-18,23,25,27,29-31H,9-13,19-22H2,1-8H3,(H,43,51)(H,44,47)(H,45,50)(H,48,49)/t25-,27-,29+,30?,31?,40?,41-/m1/s1. The van der Waals surface area contributed by atoms with Gasteiger partial charge in [0.1, 0.15) is 40.7 Å². The summed E-state index contributed by atoms with van der Waals surface area (Å²) in [5.41, 5.74) is -5.18. The number of carbonyl (C=O) groups is 5. The van der Waals surface area contributed by atoms with Gasteiger partial charge in [0.25, 0.3) is 5.91 Å². The number of nitrogens with one attached hydrogen (secondary N) is 3.